The molecule has 0 aliphatic rings. The van der Waals surface area contributed by atoms with Crippen molar-refractivity contribution in [3.63, 3.8) is 0 Å². The number of anilines is 1. The summed E-state index contributed by atoms with van der Waals surface area (Å²) in [6.45, 7) is 6.59. The van der Waals surface area contributed by atoms with Gasteiger partial charge in [-0.3, -0.25) is 4.79 Å². The second kappa shape index (κ2) is 6.74. The maximum absolute atomic E-state index is 12.2. The van der Waals surface area contributed by atoms with Crippen molar-refractivity contribution < 1.29 is 4.74 Å². The van der Waals surface area contributed by atoms with Crippen LogP contribution in [-0.2, 0) is 0 Å². The highest BCUT2D eigenvalue weighted by Crippen LogP contribution is 2.24. The van der Waals surface area contributed by atoms with Crippen LogP contribution in [0.1, 0.15) is 31.3 Å². The fourth-order valence-electron chi connectivity index (χ4n) is 2.68. The Morgan fingerprint density at radius 3 is 2.79 bits per heavy atom. The van der Waals surface area contributed by atoms with Crippen molar-refractivity contribution in [2.75, 3.05) is 11.9 Å². The van der Waals surface area contributed by atoms with E-state index in [0.717, 1.165) is 17.0 Å². The highest BCUT2D eigenvalue weighted by molar-refractivity contribution is 5.77. The average molecular weight is 323 g/mol. The molecule has 1 atom stereocenters. The Hall–Kier alpha value is -2.82. The number of ether oxygens (including phenoxy) is 1. The van der Waals surface area contributed by atoms with E-state index in [1.54, 1.807) is 6.07 Å². The number of aryl methyl sites for hydroxylation is 1. The molecule has 5 nitrogen and oxygen atoms in total. The maximum Gasteiger partial charge on any atom is 0.258 e. The number of hydrogen-bond donors (Lipinski definition) is 2. The maximum atomic E-state index is 12.2. The van der Waals surface area contributed by atoms with Crippen LogP contribution in [0.4, 0.5) is 5.69 Å². The van der Waals surface area contributed by atoms with E-state index >= 15 is 0 Å². The van der Waals surface area contributed by atoms with Crippen LogP contribution in [0, 0.1) is 6.92 Å². The lowest BCUT2D eigenvalue weighted by atomic mass is 10.1. The second-order valence-corrected chi connectivity index (χ2v) is 5.75. The quantitative estimate of drug-likeness (QED) is 0.749. The number of aromatic nitrogens is 2. The molecular formula is C19H21N3O2. The average Bonchev–Trinajstić information content (AvgIpc) is 2.57. The lowest BCUT2D eigenvalue weighted by Crippen LogP contribution is -2.17. The summed E-state index contributed by atoms with van der Waals surface area (Å²) in [7, 11) is 0. The first-order chi connectivity index (χ1) is 11.6. The number of H-pyrrole nitrogens is 1. The summed E-state index contributed by atoms with van der Waals surface area (Å²) in [4.78, 5) is 19.6. The van der Waals surface area contributed by atoms with Crippen LogP contribution in [0.25, 0.3) is 10.9 Å². The standard InChI is InChI=1S/C19H21N3O2/c1-4-24-17-10-9-14(11-12(17)2)20-13(3)18-21-16-8-6-5-7-15(16)19(23)22-18/h5-11,13,20H,4H2,1-3H3,(H,21,22,23)/t13-/m1/s1. The molecule has 124 valence electrons. The lowest BCUT2D eigenvalue weighted by Gasteiger charge is -2.16. The van der Waals surface area contributed by atoms with Crippen LogP contribution in [-0.4, -0.2) is 16.6 Å². The SMILES string of the molecule is CCOc1ccc(N[C@H](C)c2nc3ccccc3c(=O)[nH]2)cc1C. The molecule has 0 unspecified atom stereocenters. The van der Waals surface area contributed by atoms with Crippen LogP contribution in [0.5, 0.6) is 5.75 Å². The second-order valence-electron chi connectivity index (χ2n) is 5.75. The minimum absolute atomic E-state index is 0.118. The third-order valence-electron chi connectivity index (χ3n) is 3.90. The predicted octanol–water partition coefficient (Wildman–Crippen LogP) is 3.80. The number of benzene rings is 2. The van der Waals surface area contributed by atoms with Crippen LogP contribution in [0.15, 0.2) is 47.3 Å². The Morgan fingerprint density at radius 2 is 2.04 bits per heavy atom. The van der Waals surface area contributed by atoms with Crippen molar-refractivity contribution in [2.24, 2.45) is 0 Å². The Labute approximate surface area is 140 Å². The van der Waals surface area contributed by atoms with E-state index in [-0.39, 0.29) is 11.6 Å². The molecule has 0 fully saturated rings. The number of rotatable bonds is 5. The van der Waals surface area contributed by atoms with Crippen LogP contribution in [0.3, 0.4) is 0 Å². The smallest absolute Gasteiger partial charge is 0.258 e. The van der Waals surface area contributed by atoms with Gasteiger partial charge in [0.05, 0.1) is 23.6 Å². The normalized spacial score (nSPS) is 12.1. The summed E-state index contributed by atoms with van der Waals surface area (Å²) in [5, 5.41) is 3.97. The van der Waals surface area contributed by atoms with Crippen molar-refractivity contribution >= 4 is 16.6 Å². The Morgan fingerprint density at radius 1 is 1.25 bits per heavy atom. The minimum atomic E-state index is -0.125. The van der Waals surface area contributed by atoms with Crippen LogP contribution >= 0.6 is 0 Å². The van der Waals surface area contributed by atoms with Gasteiger partial charge in [-0.1, -0.05) is 12.1 Å². The van der Waals surface area contributed by atoms with Gasteiger partial charge in [0, 0.05) is 5.69 Å². The van der Waals surface area contributed by atoms with E-state index in [1.165, 1.54) is 0 Å². The largest absolute Gasteiger partial charge is 0.494 e. The predicted molar refractivity (Wildman–Crippen MR) is 96.7 cm³/mol. The van der Waals surface area contributed by atoms with E-state index in [1.807, 2.05) is 57.2 Å². The van der Waals surface area contributed by atoms with Crippen molar-refractivity contribution in [3.8, 4) is 5.75 Å². The van der Waals surface area contributed by atoms with Gasteiger partial charge in [0.2, 0.25) is 0 Å². The van der Waals surface area contributed by atoms with E-state index in [9.17, 15) is 4.79 Å². The van der Waals surface area contributed by atoms with E-state index < -0.39 is 0 Å². The van der Waals surface area contributed by atoms with Gasteiger partial charge in [-0.15, -0.1) is 0 Å². The zero-order chi connectivity index (χ0) is 17.1. The van der Waals surface area contributed by atoms with Crippen LogP contribution < -0.4 is 15.6 Å². The minimum Gasteiger partial charge on any atom is -0.494 e. The van der Waals surface area contributed by atoms with Gasteiger partial charge in [0.15, 0.2) is 0 Å². The lowest BCUT2D eigenvalue weighted by molar-refractivity contribution is 0.338. The van der Waals surface area contributed by atoms with E-state index in [2.05, 4.69) is 15.3 Å². The van der Waals surface area contributed by atoms with Gasteiger partial charge in [0.25, 0.3) is 5.56 Å². The molecule has 5 heteroatoms. The number of nitrogens with zero attached hydrogens (tertiary/aromatic N) is 1. The summed E-state index contributed by atoms with van der Waals surface area (Å²) in [5.41, 5.74) is 2.60. The molecule has 2 N–H and O–H groups in total. The Kier molecular flexibility index (Phi) is 4.51. The molecule has 24 heavy (non-hydrogen) atoms. The van der Waals surface area contributed by atoms with Crippen molar-refractivity contribution in [1.29, 1.82) is 0 Å². The van der Waals surface area contributed by atoms with Crippen molar-refractivity contribution in [1.82, 2.24) is 9.97 Å². The summed E-state index contributed by atoms with van der Waals surface area (Å²) in [6.07, 6.45) is 0. The first-order valence-electron chi connectivity index (χ1n) is 8.07. The fraction of sp³-hybridized carbons (Fsp3) is 0.263. The zero-order valence-corrected chi connectivity index (χ0v) is 14.1. The van der Waals surface area contributed by atoms with Gasteiger partial charge in [0.1, 0.15) is 11.6 Å². The molecule has 0 aliphatic carbocycles. The molecule has 0 aliphatic heterocycles. The number of hydrogen-bond acceptors (Lipinski definition) is 4. The third-order valence-corrected chi connectivity index (χ3v) is 3.90. The number of aromatic amines is 1. The van der Waals surface area contributed by atoms with Crippen molar-refractivity contribution in [3.05, 3.63) is 64.2 Å². The van der Waals surface area contributed by atoms with E-state index in [0.29, 0.717) is 23.3 Å². The monoisotopic (exact) mass is 323 g/mol. The van der Waals surface area contributed by atoms with Gasteiger partial charge >= 0.3 is 0 Å². The molecule has 3 rings (SSSR count). The highest BCUT2D eigenvalue weighted by atomic mass is 16.5. The molecule has 0 bridgehead atoms. The molecule has 0 radical (unpaired) electrons. The first-order valence-corrected chi connectivity index (χ1v) is 8.07. The number of fused-ring (bicyclic) bond motifs is 1. The van der Waals surface area contributed by atoms with Crippen molar-refractivity contribution in [2.45, 2.75) is 26.8 Å². The summed E-state index contributed by atoms with van der Waals surface area (Å²) >= 11 is 0. The van der Waals surface area contributed by atoms with Crippen LogP contribution in [0.2, 0.25) is 0 Å². The zero-order valence-electron chi connectivity index (χ0n) is 14.1. The molecule has 0 spiro atoms. The molecule has 1 aromatic heterocycles. The van der Waals surface area contributed by atoms with Gasteiger partial charge in [-0.05, 0) is 56.7 Å². The summed E-state index contributed by atoms with van der Waals surface area (Å²) < 4.78 is 5.56. The third kappa shape index (κ3) is 3.25. The summed E-state index contributed by atoms with van der Waals surface area (Å²) in [5.74, 6) is 1.50. The fourth-order valence-corrected chi connectivity index (χ4v) is 2.68. The van der Waals surface area contributed by atoms with Gasteiger partial charge in [-0.2, -0.15) is 0 Å². The molecule has 2 aromatic carbocycles. The van der Waals surface area contributed by atoms with E-state index in [4.69, 9.17) is 4.74 Å². The number of para-hydroxylation sites is 1. The first kappa shape index (κ1) is 16.1. The molecule has 1 heterocycles. The Balaban J connectivity index is 1.86. The molecule has 0 saturated carbocycles. The van der Waals surface area contributed by atoms with Gasteiger partial charge < -0.3 is 15.0 Å². The molecular weight excluding hydrogens is 302 g/mol. The number of nitrogens with one attached hydrogen (secondary N) is 2. The van der Waals surface area contributed by atoms with Gasteiger partial charge in [-0.25, -0.2) is 4.98 Å². The topological polar surface area (TPSA) is 67.0 Å². The highest BCUT2D eigenvalue weighted by Gasteiger charge is 2.11. The molecule has 3 aromatic rings. The Bertz CT molecular complexity index is 918. The molecule has 0 amide bonds. The molecule has 0 saturated heterocycles. The summed E-state index contributed by atoms with van der Waals surface area (Å²) in [6, 6.07) is 13.2.